The van der Waals surface area contributed by atoms with Crippen molar-refractivity contribution < 1.29 is 0 Å². The summed E-state index contributed by atoms with van der Waals surface area (Å²) < 4.78 is 0. The molecule has 2 rings (SSSR count). The van der Waals surface area contributed by atoms with Gasteiger partial charge in [0.25, 0.3) is 0 Å². The number of aromatic nitrogens is 3. The molecular weight excluding hydrogens is 218 g/mol. The van der Waals surface area contributed by atoms with Crippen molar-refractivity contribution in [2.75, 3.05) is 36.5 Å². The molecular formula is C10H19N7. The molecule has 94 valence electrons. The normalized spacial score (nSPS) is 20.7. The third-order valence-electron chi connectivity index (χ3n) is 3.16. The molecule has 1 atom stereocenters. The van der Waals surface area contributed by atoms with Crippen molar-refractivity contribution >= 4 is 17.8 Å². The van der Waals surface area contributed by atoms with Gasteiger partial charge in [-0.25, -0.2) is 0 Å². The molecule has 0 bridgehead atoms. The number of rotatable bonds is 3. The fraction of sp³-hybridized carbons (Fsp3) is 0.700. The van der Waals surface area contributed by atoms with Crippen LogP contribution in [0.4, 0.5) is 17.8 Å². The molecule has 0 saturated carbocycles. The quantitative estimate of drug-likeness (QED) is 0.758. The summed E-state index contributed by atoms with van der Waals surface area (Å²) in [5.41, 5.74) is 11.2. The highest BCUT2D eigenvalue weighted by Gasteiger charge is 2.28. The van der Waals surface area contributed by atoms with E-state index in [9.17, 15) is 0 Å². The van der Waals surface area contributed by atoms with Crippen LogP contribution in [0.15, 0.2) is 0 Å². The van der Waals surface area contributed by atoms with E-state index in [1.165, 1.54) is 6.42 Å². The Morgan fingerprint density at radius 3 is 2.53 bits per heavy atom. The minimum atomic E-state index is 0.167. The second kappa shape index (κ2) is 4.70. The number of hydrogen-bond donors (Lipinski definition) is 2. The highest BCUT2D eigenvalue weighted by atomic mass is 15.4. The summed E-state index contributed by atoms with van der Waals surface area (Å²) in [5.74, 6) is 0.876. The first-order valence-electron chi connectivity index (χ1n) is 5.85. The highest BCUT2D eigenvalue weighted by molar-refractivity contribution is 5.39. The van der Waals surface area contributed by atoms with Crippen LogP contribution in [0.25, 0.3) is 0 Å². The van der Waals surface area contributed by atoms with Crippen molar-refractivity contribution in [3.8, 4) is 0 Å². The predicted molar refractivity (Wildman–Crippen MR) is 67.3 cm³/mol. The molecule has 7 nitrogen and oxygen atoms in total. The van der Waals surface area contributed by atoms with E-state index in [1.807, 2.05) is 11.9 Å². The zero-order valence-electron chi connectivity index (χ0n) is 10.3. The van der Waals surface area contributed by atoms with Crippen molar-refractivity contribution in [2.24, 2.45) is 0 Å². The predicted octanol–water partition coefficient (Wildman–Crippen LogP) is -0.0860. The third kappa shape index (κ3) is 2.38. The second-order valence-electron chi connectivity index (χ2n) is 4.21. The lowest BCUT2D eigenvalue weighted by molar-refractivity contribution is 0.263. The number of nitrogens with zero attached hydrogens (tertiary/aromatic N) is 5. The van der Waals surface area contributed by atoms with E-state index in [-0.39, 0.29) is 11.9 Å². The fourth-order valence-electron chi connectivity index (χ4n) is 2.30. The minimum absolute atomic E-state index is 0.167. The largest absolute Gasteiger partial charge is 0.368 e. The van der Waals surface area contributed by atoms with Crippen molar-refractivity contribution in [3.63, 3.8) is 0 Å². The zero-order chi connectivity index (χ0) is 12.4. The van der Waals surface area contributed by atoms with Gasteiger partial charge in [0.2, 0.25) is 17.8 Å². The van der Waals surface area contributed by atoms with E-state index in [0.717, 1.165) is 19.5 Å². The van der Waals surface area contributed by atoms with E-state index in [1.54, 1.807) is 0 Å². The lowest BCUT2D eigenvalue weighted by Gasteiger charge is -2.31. The van der Waals surface area contributed by atoms with Gasteiger partial charge in [-0.1, -0.05) is 6.92 Å². The Labute approximate surface area is 101 Å². The van der Waals surface area contributed by atoms with Crippen LogP contribution in [-0.4, -0.2) is 46.2 Å². The Morgan fingerprint density at radius 1 is 1.29 bits per heavy atom. The van der Waals surface area contributed by atoms with Gasteiger partial charge in [0.15, 0.2) is 0 Å². The molecule has 4 N–H and O–H groups in total. The molecule has 0 spiro atoms. The Kier molecular flexibility index (Phi) is 3.28. The first kappa shape index (κ1) is 11.8. The second-order valence-corrected chi connectivity index (χ2v) is 4.21. The van der Waals surface area contributed by atoms with Crippen LogP contribution in [0.1, 0.15) is 19.8 Å². The smallest absolute Gasteiger partial charge is 0.232 e. The van der Waals surface area contributed by atoms with Crippen LogP contribution >= 0.6 is 0 Å². The summed E-state index contributed by atoms with van der Waals surface area (Å²) in [6, 6.07) is 0. The molecule has 1 saturated heterocycles. The van der Waals surface area contributed by atoms with Gasteiger partial charge in [-0.15, -0.1) is 0 Å². The van der Waals surface area contributed by atoms with Gasteiger partial charge in [0, 0.05) is 13.6 Å². The highest BCUT2D eigenvalue weighted by Crippen LogP contribution is 2.22. The maximum absolute atomic E-state index is 5.58. The molecule has 0 aromatic carbocycles. The van der Waals surface area contributed by atoms with Crippen molar-refractivity contribution in [1.82, 2.24) is 19.9 Å². The number of nitrogens with two attached hydrogens (primary N) is 2. The molecule has 0 amide bonds. The SMILES string of the molecule is CCN1CCCC1N(C)c1nc(N)nc(N)n1. The maximum atomic E-state index is 5.58. The van der Waals surface area contributed by atoms with Crippen molar-refractivity contribution in [2.45, 2.75) is 25.9 Å². The maximum Gasteiger partial charge on any atom is 0.232 e. The number of hydrogen-bond acceptors (Lipinski definition) is 7. The molecule has 7 heteroatoms. The molecule has 1 fully saturated rings. The average Bonchev–Trinajstić information content (AvgIpc) is 2.74. The summed E-state index contributed by atoms with van der Waals surface area (Å²) in [6.45, 7) is 4.29. The van der Waals surface area contributed by atoms with Gasteiger partial charge in [-0.2, -0.15) is 15.0 Å². The standard InChI is InChI=1S/C10H19N7/c1-3-17-6-4-5-7(17)16(2)10-14-8(11)13-9(12)15-10/h7H,3-6H2,1-2H3,(H4,11,12,13,14,15). The lowest BCUT2D eigenvalue weighted by Crippen LogP contribution is -2.43. The van der Waals surface area contributed by atoms with Gasteiger partial charge < -0.3 is 16.4 Å². The monoisotopic (exact) mass is 237 g/mol. The molecule has 2 heterocycles. The fourth-order valence-corrected chi connectivity index (χ4v) is 2.30. The van der Waals surface area contributed by atoms with Gasteiger partial charge in [0.05, 0.1) is 6.17 Å². The van der Waals surface area contributed by atoms with Crippen LogP contribution in [0.2, 0.25) is 0 Å². The zero-order valence-corrected chi connectivity index (χ0v) is 10.3. The molecule has 0 radical (unpaired) electrons. The summed E-state index contributed by atoms with van der Waals surface area (Å²) in [4.78, 5) is 16.4. The van der Waals surface area contributed by atoms with Gasteiger partial charge >= 0.3 is 0 Å². The lowest BCUT2D eigenvalue weighted by atomic mass is 10.3. The molecule has 1 aromatic heterocycles. The Morgan fingerprint density at radius 2 is 1.94 bits per heavy atom. The third-order valence-corrected chi connectivity index (χ3v) is 3.16. The summed E-state index contributed by atoms with van der Waals surface area (Å²) in [7, 11) is 1.97. The Hall–Kier alpha value is -1.63. The summed E-state index contributed by atoms with van der Waals surface area (Å²) >= 11 is 0. The van der Waals surface area contributed by atoms with E-state index in [0.29, 0.717) is 12.1 Å². The van der Waals surface area contributed by atoms with Gasteiger partial charge in [0.1, 0.15) is 0 Å². The molecule has 0 aliphatic carbocycles. The van der Waals surface area contributed by atoms with Crippen LogP contribution < -0.4 is 16.4 Å². The van der Waals surface area contributed by atoms with E-state index < -0.39 is 0 Å². The van der Waals surface area contributed by atoms with Crippen LogP contribution in [0.5, 0.6) is 0 Å². The Bertz CT molecular complexity index is 374. The van der Waals surface area contributed by atoms with E-state index in [4.69, 9.17) is 11.5 Å². The molecule has 17 heavy (non-hydrogen) atoms. The minimum Gasteiger partial charge on any atom is -0.368 e. The van der Waals surface area contributed by atoms with Crippen molar-refractivity contribution in [3.05, 3.63) is 0 Å². The van der Waals surface area contributed by atoms with Gasteiger partial charge in [-0.3, -0.25) is 4.90 Å². The van der Waals surface area contributed by atoms with Crippen LogP contribution in [-0.2, 0) is 0 Å². The summed E-state index contributed by atoms with van der Waals surface area (Å²) in [5, 5.41) is 0. The van der Waals surface area contributed by atoms with Gasteiger partial charge in [-0.05, 0) is 19.4 Å². The molecule has 1 unspecified atom stereocenters. The number of nitrogen functional groups attached to an aromatic ring is 2. The Balaban J connectivity index is 2.21. The van der Waals surface area contributed by atoms with E-state index >= 15 is 0 Å². The topological polar surface area (TPSA) is 97.2 Å². The van der Waals surface area contributed by atoms with E-state index in [2.05, 4.69) is 26.8 Å². The first-order chi connectivity index (χ1) is 8.11. The number of anilines is 3. The van der Waals surface area contributed by atoms with Crippen molar-refractivity contribution in [1.29, 1.82) is 0 Å². The van der Waals surface area contributed by atoms with Crippen LogP contribution in [0, 0.1) is 0 Å². The number of likely N-dealkylation sites (tertiary alicyclic amines) is 1. The summed E-state index contributed by atoms with van der Waals surface area (Å²) in [6.07, 6.45) is 2.62. The first-order valence-corrected chi connectivity index (χ1v) is 5.85. The molecule has 1 aliphatic rings. The molecule has 1 aliphatic heterocycles. The average molecular weight is 237 g/mol. The molecule has 1 aromatic rings. The van der Waals surface area contributed by atoms with Crippen LogP contribution in [0.3, 0.4) is 0 Å².